The van der Waals surface area contributed by atoms with Gasteiger partial charge in [0.2, 0.25) is 5.78 Å². The molecule has 1 heterocycles. The molecule has 118 valence electrons. The first kappa shape index (κ1) is 14.5. The molecule has 1 aromatic heterocycles. The second-order valence-corrected chi connectivity index (χ2v) is 5.92. The molecule has 0 aliphatic heterocycles. The summed E-state index contributed by atoms with van der Waals surface area (Å²) in [6.45, 7) is 0. The van der Waals surface area contributed by atoms with Crippen molar-refractivity contribution >= 4 is 5.78 Å². The maximum atomic E-state index is 12.8. The van der Waals surface area contributed by atoms with Crippen LogP contribution in [0.3, 0.4) is 0 Å². The third-order valence-electron chi connectivity index (χ3n) is 4.54. The molecule has 0 bridgehead atoms. The minimum Gasteiger partial charge on any atom is -0.507 e. The molecule has 4 rings (SSSR count). The van der Waals surface area contributed by atoms with Crippen LogP contribution in [-0.2, 0) is 6.42 Å². The quantitative estimate of drug-likeness (QED) is 0.760. The van der Waals surface area contributed by atoms with Gasteiger partial charge in [0.25, 0.3) is 0 Å². The number of aromatic nitrogens is 1. The summed E-state index contributed by atoms with van der Waals surface area (Å²) >= 11 is 0. The van der Waals surface area contributed by atoms with E-state index < -0.39 is 0 Å². The van der Waals surface area contributed by atoms with Crippen molar-refractivity contribution in [2.45, 2.75) is 12.3 Å². The number of benzene rings is 2. The zero-order valence-electron chi connectivity index (χ0n) is 12.8. The Morgan fingerprint density at radius 3 is 1.92 bits per heavy atom. The van der Waals surface area contributed by atoms with Crippen molar-refractivity contribution in [3.63, 3.8) is 0 Å². The molecular formula is C20H15NO3. The summed E-state index contributed by atoms with van der Waals surface area (Å²) in [6.07, 6.45) is 4.12. The van der Waals surface area contributed by atoms with E-state index >= 15 is 0 Å². The molecule has 1 aliphatic rings. The number of phenolic OH excluding ortho intramolecular Hbond substituents is 2. The zero-order chi connectivity index (χ0) is 16.7. The van der Waals surface area contributed by atoms with Gasteiger partial charge in [0, 0.05) is 18.3 Å². The summed E-state index contributed by atoms with van der Waals surface area (Å²) in [5.74, 6) is -0.547. The van der Waals surface area contributed by atoms with Gasteiger partial charge in [-0.1, -0.05) is 24.3 Å². The number of phenols is 2. The van der Waals surface area contributed by atoms with Crippen LogP contribution in [0.4, 0.5) is 0 Å². The van der Waals surface area contributed by atoms with E-state index in [1.807, 2.05) is 24.3 Å². The third-order valence-corrected chi connectivity index (χ3v) is 4.54. The largest absolute Gasteiger partial charge is 0.507 e. The van der Waals surface area contributed by atoms with Gasteiger partial charge in [0.05, 0.1) is 11.1 Å². The van der Waals surface area contributed by atoms with Crippen LogP contribution in [0.25, 0.3) is 0 Å². The first-order chi connectivity index (χ1) is 11.7. The third kappa shape index (κ3) is 2.15. The summed E-state index contributed by atoms with van der Waals surface area (Å²) < 4.78 is 0. The summed E-state index contributed by atoms with van der Waals surface area (Å²) in [6, 6.07) is 14.1. The van der Waals surface area contributed by atoms with E-state index in [4.69, 9.17) is 0 Å². The van der Waals surface area contributed by atoms with Crippen molar-refractivity contribution in [3.05, 3.63) is 88.7 Å². The van der Waals surface area contributed by atoms with E-state index in [2.05, 4.69) is 4.98 Å². The summed E-state index contributed by atoms with van der Waals surface area (Å²) in [5, 5.41) is 20.4. The number of nitrogens with zero attached hydrogens (tertiary/aromatic N) is 1. The zero-order valence-corrected chi connectivity index (χ0v) is 12.8. The second-order valence-electron chi connectivity index (χ2n) is 5.92. The van der Waals surface area contributed by atoms with Gasteiger partial charge in [-0.25, -0.2) is 0 Å². The lowest BCUT2D eigenvalue weighted by molar-refractivity contribution is 0.102. The first-order valence-corrected chi connectivity index (χ1v) is 7.74. The molecule has 0 saturated heterocycles. The van der Waals surface area contributed by atoms with Crippen LogP contribution in [0.2, 0.25) is 0 Å². The SMILES string of the molecule is O=C1c2c(O)cccc2C(Cc2ccncc2)c2cccc(O)c21. The van der Waals surface area contributed by atoms with Gasteiger partial charge in [0.1, 0.15) is 11.5 Å². The van der Waals surface area contributed by atoms with E-state index in [9.17, 15) is 15.0 Å². The van der Waals surface area contributed by atoms with Crippen LogP contribution in [0.15, 0.2) is 60.9 Å². The van der Waals surface area contributed by atoms with E-state index in [0.29, 0.717) is 6.42 Å². The number of rotatable bonds is 2. The molecule has 0 unspecified atom stereocenters. The van der Waals surface area contributed by atoms with E-state index in [1.54, 1.807) is 24.5 Å². The molecule has 2 N–H and O–H groups in total. The Labute approximate surface area is 139 Å². The average Bonchev–Trinajstić information content (AvgIpc) is 2.59. The minimum absolute atomic E-state index is 0.0499. The number of hydrogen-bond donors (Lipinski definition) is 2. The minimum atomic E-state index is -0.331. The summed E-state index contributed by atoms with van der Waals surface area (Å²) in [5.41, 5.74) is 3.22. The van der Waals surface area contributed by atoms with Crippen LogP contribution in [0.1, 0.15) is 38.5 Å². The highest BCUT2D eigenvalue weighted by Crippen LogP contribution is 2.44. The Bertz CT molecular complexity index is 879. The maximum Gasteiger partial charge on any atom is 0.201 e. The fourth-order valence-electron chi connectivity index (χ4n) is 3.46. The summed E-state index contributed by atoms with van der Waals surface area (Å²) in [4.78, 5) is 16.9. The lowest BCUT2D eigenvalue weighted by Gasteiger charge is -2.28. The van der Waals surface area contributed by atoms with Crippen LogP contribution < -0.4 is 0 Å². The number of carbonyl (C=O) groups is 1. The fourth-order valence-corrected chi connectivity index (χ4v) is 3.46. The molecule has 24 heavy (non-hydrogen) atoms. The Morgan fingerprint density at radius 2 is 1.38 bits per heavy atom. The summed E-state index contributed by atoms with van der Waals surface area (Å²) in [7, 11) is 0. The lowest BCUT2D eigenvalue weighted by atomic mass is 9.74. The highest BCUT2D eigenvalue weighted by Gasteiger charge is 2.34. The predicted octanol–water partition coefficient (Wildman–Crippen LogP) is 3.41. The number of ketones is 1. The van der Waals surface area contributed by atoms with Crippen LogP contribution in [0, 0.1) is 0 Å². The van der Waals surface area contributed by atoms with Gasteiger partial charge < -0.3 is 10.2 Å². The van der Waals surface area contributed by atoms with Crippen molar-refractivity contribution in [1.29, 1.82) is 0 Å². The van der Waals surface area contributed by atoms with Gasteiger partial charge in [-0.05, 0) is 47.4 Å². The molecule has 0 saturated carbocycles. The molecule has 0 radical (unpaired) electrons. The monoisotopic (exact) mass is 317 g/mol. The molecule has 0 amide bonds. The number of pyridine rings is 1. The van der Waals surface area contributed by atoms with Crippen molar-refractivity contribution in [3.8, 4) is 11.5 Å². The highest BCUT2D eigenvalue weighted by molar-refractivity contribution is 6.15. The van der Waals surface area contributed by atoms with E-state index in [-0.39, 0.29) is 34.3 Å². The smallest absolute Gasteiger partial charge is 0.201 e. The van der Waals surface area contributed by atoms with Crippen molar-refractivity contribution < 1.29 is 15.0 Å². The number of hydrogen-bond acceptors (Lipinski definition) is 4. The van der Waals surface area contributed by atoms with Crippen LogP contribution in [0.5, 0.6) is 11.5 Å². The lowest BCUT2D eigenvalue weighted by Crippen LogP contribution is -2.21. The molecule has 0 spiro atoms. The van der Waals surface area contributed by atoms with Gasteiger partial charge in [-0.15, -0.1) is 0 Å². The Balaban J connectivity index is 1.94. The van der Waals surface area contributed by atoms with E-state index in [1.165, 1.54) is 12.1 Å². The van der Waals surface area contributed by atoms with Gasteiger partial charge in [-0.3, -0.25) is 9.78 Å². The molecule has 0 atom stereocenters. The van der Waals surface area contributed by atoms with Gasteiger partial charge in [0.15, 0.2) is 0 Å². The normalized spacial score (nSPS) is 13.4. The Hall–Kier alpha value is -3.14. The maximum absolute atomic E-state index is 12.8. The second kappa shape index (κ2) is 5.49. The van der Waals surface area contributed by atoms with Crippen molar-refractivity contribution in [2.75, 3.05) is 0 Å². The number of carbonyl (C=O) groups excluding carboxylic acids is 1. The molecular weight excluding hydrogens is 302 g/mol. The van der Waals surface area contributed by atoms with Crippen molar-refractivity contribution in [1.82, 2.24) is 4.98 Å². The predicted molar refractivity (Wildman–Crippen MR) is 89.4 cm³/mol. The number of aromatic hydroxyl groups is 2. The molecule has 3 aromatic rings. The average molecular weight is 317 g/mol. The Kier molecular flexibility index (Phi) is 3.31. The van der Waals surface area contributed by atoms with Gasteiger partial charge >= 0.3 is 0 Å². The molecule has 1 aliphatic carbocycles. The van der Waals surface area contributed by atoms with Gasteiger partial charge in [-0.2, -0.15) is 0 Å². The highest BCUT2D eigenvalue weighted by atomic mass is 16.3. The molecule has 4 nitrogen and oxygen atoms in total. The van der Waals surface area contributed by atoms with E-state index in [0.717, 1.165) is 16.7 Å². The number of fused-ring (bicyclic) bond motifs is 2. The molecule has 2 aromatic carbocycles. The molecule has 4 heteroatoms. The molecule has 0 fully saturated rings. The standard InChI is InChI=1S/C20H15NO3/c22-16-5-1-3-13-15(11-12-7-9-21-10-8-12)14-4-2-6-17(23)19(14)20(24)18(13)16/h1-10,15,22-23H,11H2. The van der Waals surface area contributed by atoms with Crippen LogP contribution in [-0.4, -0.2) is 21.0 Å². The Morgan fingerprint density at radius 1 is 0.833 bits per heavy atom. The topological polar surface area (TPSA) is 70.4 Å². The first-order valence-electron chi connectivity index (χ1n) is 7.74. The van der Waals surface area contributed by atoms with Crippen molar-refractivity contribution in [2.24, 2.45) is 0 Å². The van der Waals surface area contributed by atoms with Crippen LogP contribution >= 0.6 is 0 Å². The fraction of sp³-hybridized carbons (Fsp3) is 0.100.